The van der Waals surface area contributed by atoms with Gasteiger partial charge in [0.05, 0.1) is 6.54 Å². The average Bonchev–Trinajstić information content (AvgIpc) is 3.17. The number of aliphatic imine (C=N–C) groups is 1. The van der Waals surface area contributed by atoms with E-state index in [1.54, 1.807) is 6.33 Å². The molecule has 2 N–H and O–H groups in total. The third-order valence-corrected chi connectivity index (χ3v) is 4.70. The summed E-state index contributed by atoms with van der Waals surface area (Å²) in [5, 5.41) is 15.0. The van der Waals surface area contributed by atoms with Crippen LogP contribution in [0.5, 0.6) is 0 Å². The molecule has 1 aliphatic carbocycles. The lowest BCUT2D eigenvalue weighted by Crippen LogP contribution is -2.46. The zero-order chi connectivity index (χ0) is 15.5. The first-order valence-corrected chi connectivity index (χ1v) is 8.29. The molecule has 2 heterocycles. The first-order valence-electron chi connectivity index (χ1n) is 8.29. The highest BCUT2D eigenvalue weighted by Gasteiger charge is 2.38. The van der Waals surface area contributed by atoms with Crippen LogP contribution in [0, 0.1) is 5.92 Å². The van der Waals surface area contributed by atoms with E-state index < -0.39 is 0 Å². The van der Waals surface area contributed by atoms with E-state index in [9.17, 15) is 0 Å². The van der Waals surface area contributed by atoms with Gasteiger partial charge in [0.2, 0.25) is 0 Å². The second-order valence-corrected chi connectivity index (χ2v) is 6.37. The highest BCUT2D eigenvalue weighted by atomic mass is 15.3. The first kappa shape index (κ1) is 15.3. The van der Waals surface area contributed by atoms with Crippen LogP contribution in [-0.2, 0) is 13.1 Å². The van der Waals surface area contributed by atoms with Crippen molar-refractivity contribution in [3.05, 3.63) is 12.2 Å². The molecule has 1 aromatic rings. The van der Waals surface area contributed by atoms with Crippen molar-refractivity contribution in [3.63, 3.8) is 0 Å². The molecule has 0 spiro atoms. The van der Waals surface area contributed by atoms with Crippen molar-refractivity contribution in [1.82, 2.24) is 30.3 Å². The van der Waals surface area contributed by atoms with Gasteiger partial charge >= 0.3 is 0 Å². The number of aromatic nitrogens is 3. The van der Waals surface area contributed by atoms with Crippen molar-refractivity contribution in [2.24, 2.45) is 10.9 Å². The van der Waals surface area contributed by atoms with Gasteiger partial charge in [0.25, 0.3) is 0 Å². The summed E-state index contributed by atoms with van der Waals surface area (Å²) in [7, 11) is 1.82. The second kappa shape index (κ2) is 6.64. The van der Waals surface area contributed by atoms with Crippen LogP contribution in [0.3, 0.4) is 0 Å². The number of rotatable bonds is 5. The molecule has 1 aliphatic heterocycles. The van der Waals surface area contributed by atoms with Crippen LogP contribution >= 0.6 is 0 Å². The highest BCUT2D eigenvalue weighted by Crippen LogP contribution is 2.31. The molecule has 7 heteroatoms. The Hall–Kier alpha value is -1.63. The third-order valence-electron chi connectivity index (χ3n) is 4.70. The Morgan fingerprint density at radius 3 is 2.91 bits per heavy atom. The molecule has 0 radical (unpaired) electrons. The van der Waals surface area contributed by atoms with Crippen LogP contribution in [0.4, 0.5) is 0 Å². The van der Waals surface area contributed by atoms with Gasteiger partial charge < -0.3 is 15.2 Å². The topological polar surface area (TPSA) is 70.4 Å². The van der Waals surface area contributed by atoms with Gasteiger partial charge in [0.15, 0.2) is 11.8 Å². The summed E-state index contributed by atoms with van der Waals surface area (Å²) in [5.41, 5.74) is 0. The van der Waals surface area contributed by atoms with Gasteiger partial charge in [-0.05, 0) is 25.7 Å². The summed E-state index contributed by atoms with van der Waals surface area (Å²) in [4.78, 5) is 6.96. The lowest BCUT2D eigenvalue weighted by molar-refractivity contribution is 0.315. The Labute approximate surface area is 132 Å². The normalized spacial score (nSPS) is 26.4. The summed E-state index contributed by atoms with van der Waals surface area (Å²) < 4.78 is 2.04. The summed E-state index contributed by atoms with van der Waals surface area (Å²) in [6.45, 7) is 8.25. The monoisotopic (exact) mass is 305 g/mol. The lowest BCUT2D eigenvalue weighted by atomic mass is 10.1. The molecule has 2 unspecified atom stereocenters. The van der Waals surface area contributed by atoms with Gasteiger partial charge in [-0.2, -0.15) is 0 Å². The van der Waals surface area contributed by atoms with Gasteiger partial charge in [0, 0.05) is 38.8 Å². The van der Waals surface area contributed by atoms with Crippen LogP contribution < -0.4 is 10.6 Å². The molecule has 2 aliphatic rings. The molecule has 3 rings (SSSR count). The molecule has 0 aromatic carbocycles. The maximum atomic E-state index is 4.34. The number of aryl methyl sites for hydroxylation is 1. The Balaban J connectivity index is 1.51. The molecule has 0 bridgehead atoms. The molecular weight excluding hydrogens is 278 g/mol. The molecule has 1 saturated carbocycles. The number of guanidine groups is 1. The van der Waals surface area contributed by atoms with Crippen molar-refractivity contribution in [1.29, 1.82) is 0 Å². The van der Waals surface area contributed by atoms with Gasteiger partial charge in [-0.1, -0.05) is 6.92 Å². The zero-order valence-electron chi connectivity index (χ0n) is 13.8. The van der Waals surface area contributed by atoms with Crippen molar-refractivity contribution in [3.8, 4) is 0 Å². The van der Waals surface area contributed by atoms with E-state index >= 15 is 0 Å². The maximum absolute atomic E-state index is 4.34. The average molecular weight is 305 g/mol. The number of nitrogens with one attached hydrogen (secondary N) is 2. The fourth-order valence-corrected chi connectivity index (χ4v) is 3.14. The van der Waals surface area contributed by atoms with E-state index in [0.717, 1.165) is 30.9 Å². The predicted octanol–water partition coefficient (Wildman–Crippen LogP) is 0.446. The Bertz CT molecular complexity index is 520. The fraction of sp³-hybridized carbons (Fsp3) is 0.800. The quantitative estimate of drug-likeness (QED) is 0.610. The first-order chi connectivity index (χ1) is 10.7. The number of hydrogen-bond acceptors (Lipinski definition) is 4. The smallest absolute Gasteiger partial charge is 0.191 e. The summed E-state index contributed by atoms with van der Waals surface area (Å²) >= 11 is 0. The molecule has 22 heavy (non-hydrogen) atoms. The van der Waals surface area contributed by atoms with Crippen molar-refractivity contribution in [2.75, 3.05) is 20.1 Å². The molecule has 1 aromatic heterocycles. The van der Waals surface area contributed by atoms with E-state index in [2.05, 4.69) is 44.6 Å². The molecule has 122 valence electrons. The summed E-state index contributed by atoms with van der Waals surface area (Å²) in [5.74, 6) is 2.43. The van der Waals surface area contributed by atoms with E-state index in [1.165, 1.54) is 19.4 Å². The van der Waals surface area contributed by atoms with E-state index in [4.69, 9.17) is 0 Å². The minimum atomic E-state index is 0.468. The molecule has 7 nitrogen and oxygen atoms in total. The zero-order valence-corrected chi connectivity index (χ0v) is 13.8. The molecule has 1 saturated heterocycles. The summed E-state index contributed by atoms with van der Waals surface area (Å²) in [6, 6.07) is 1.31. The number of hydrogen-bond donors (Lipinski definition) is 2. The molecule has 2 fully saturated rings. The molecular formula is C15H27N7. The Kier molecular flexibility index (Phi) is 4.61. The van der Waals surface area contributed by atoms with Gasteiger partial charge in [-0.25, -0.2) is 0 Å². The van der Waals surface area contributed by atoms with Crippen LogP contribution in [0.25, 0.3) is 0 Å². The predicted molar refractivity (Wildman–Crippen MR) is 86.6 cm³/mol. The number of nitrogens with zero attached hydrogens (tertiary/aromatic N) is 5. The van der Waals surface area contributed by atoms with Gasteiger partial charge in [0.1, 0.15) is 6.33 Å². The highest BCUT2D eigenvalue weighted by molar-refractivity contribution is 5.80. The number of likely N-dealkylation sites (tertiary alicyclic amines) is 1. The minimum absolute atomic E-state index is 0.468. The fourth-order valence-electron chi connectivity index (χ4n) is 3.14. The van der Waals surface area contributed by atoms with Crippen molar-refractivity contribution in [2.45, 2.75) is 51.9 Å². The van der Waals surface area contributed by atoms with Crippen LogP contribution in [0.2, 0.25) is 0 Å². The van der Waals surface area contributed by atoms with E-state index in [0.29, 0.717) is 18.5 Å². The SMILES string of the molecule is CCn1cnnc1CNC(=NC)NC1CN(C2CC2)CC1C. The Morgan fingerprint density at radius 2 is 2.23 bits per heavy atom. The third kappa shape index (κ3) is 3.40. The standard InChI is InChI=1S/C15H27N7/c1-4-21-10-18-20-14(21)7-17-15(16-3)19-13-9-22(8-11(13)2)12-5-6-12/h10-13H,4-9H2,1-3H3,(H2,16,17,19). The molecule has 2 atom stereocenters. The summed E-state index contributed by atoms with van der Waals surface area (Å²) in [6.07, 6.45) is 4.51. The lowest BCUT2D eigenvalue weighted by Gasteiger charge is -2.20. The van der Waals surface area contributed by atoms with Crippen LogP contribution in [0.1, 0.15) is 32.5 Å². The van der Waals surface area contributed by atoms with Crippen LogP contribution in [-0.4, -0.2) is 57.8 Å². The maximum Gasteiger partial charge on any atom is 0.191 e. The van der Waals surface area contributed by atoms with E-state index in [1.807, 2.05) is 11.6 Å². The van der Waals surface area contributed by atoms with Gasteiger partial charge in [-0.3, -0.25) is 9.89 Å². The minimum Gasteiger partial charge on any atom is -0.352 e. The van der Waals surface area contributed by atoms with Crippen molar-refractivity contribution < 1.29 is 0 Å². The van der Waals surface area contributed by atoms with Crippen LogP contribution in [0.15, 0.2) is 11.3 Å². The molecule has 0 amide bonds. The van der Waals surface area contributed by atoms with Gasteiger partial charge in [-0.15, -0.1) is 10.2 Å². The Morgan fingerprint density at radius 1 is 1.41 bits per heavy atom. The van der Waals surface area contributed by atoms with E-state index in [-0.39, 0.29) is 0 Å². The second-order valence-electron chi connectivity index (χ2n) is 6.37. The largest absolute Gasteiger partial charge is 0.352 e. The van der Waals surface area contributed by atoms with Crippen molar-refractivity contribution >= 4 is 5.96 Å².